The molecule has 0 amide bonds. The molecular weight excluding hydrogens is 272 g/mol. The maximum Gasteiger partial charge on any atom is 0.122 e. The quantitative estimate of drug-likeness (QED) is 0.907. The summed E-state index contributed by atoms with van der Waals surface area (Å²) >= 11 is 6.20. The second-order valence-electron chi connectivity index (χ2n) is 5.45. The van der Waals surface area contributed by atoms with Crippen molar-refractivity contribution in [3.63, 3.8) is 0 Å². The molecule has 2 aromatic rings. The second kappa shape index (κ2) is 5.58. The van der Waals surface area contributed by atoms with Crippen LogP contribution in [0, 0.1) is 0 Å². The molecule has 1 unspecified atom stereocenters. The van der Waals surface area contributed by atoms with Gasteiger partial charge in [0.05, 0.1) is 16.9 Å². The van der Waals surface area contributed by atoms with Gasteiger partial charge < -0.3 is 5.11 Å². The zero-order valence-corrected chi connectivity index (χ0v) is 12.3. The molecule has 0 radical (unpaired) electrons. The van der Waals surface area contributed by atoms with Gasteiger partial charge in [-0.15, -0.1) is 0 Å². The van der Waals surface area contributed by atoms with E-state index in [4.69, 9.17) is 11.6 Å². The van der Waals surface area contributed by atoms with Crippen LogP contribution in [0.3, 0.4) is 0 Å². The van der Waals surface area contributed by atoms with Crippen molar-refractivity contribution < 1.29 is 5.11 Å². The van der Waals surface area contributed by atoms with Gasteiger partial charge in [0, 0.05) is 6.54 Å². The van der Waals surface area contributed by atoms with Gasteiger partial charge in [0.2, 0.25) is 0 Å². The average Bonchev–Trinajstić information content (AvgIpc) is 3.24. The highest BCUT2D eigenvalue weighted by atomic mass is 35.5. The van der Waals surface area contributed by atoms with Crippen molar-refractivity contribution >= 4 is 11.6 Å². The first-order valence-electron chi connectivity index (χ1n) is 7.19. The Morgan fingerprint density at radius 2 is 2.25 bits per heavy atom. The summed E-state index contributed by atoms with van der Waals surface area (Å²) in [4.78, 5) is 0. The molecule has 1 saturated carbocycles. The van der Waals surface area contributed by atoms with Crippen LogP contribution in [0.4, 0.5) is 0 Å². The van der Waals surface area contributed by atoms with E-state index >= 15 is 0 Å². The van der Waals surface area contributed by atoms with Crippen molar-refractivity contribution in [2.45, 2.75) is 44.8 Å². The third-order valence-corrected chi connectivity index (χ3v) is 4.09. The summed E-state index contributed by atoms with van der Waals surface area (Å²) < 4.78 is 1.80. The molecule has 0 aliphatic heterocycles. The maximum atomic E-state index is 10.7. The Balaban J connectivity index is 1.93. The van der Waals surface area contributed by atoms with Gasteiger partial charge in [0.1, 0.15) is 6.10 Å². The van der Waals surface area contributed by atoms with E-state index in [-0.39, 0.29) is 0 Å². The minimum atomic E-state index is -0.713. The molecule has 106 valence electrons. The third-order valence-electron chi connectivity index (χ3n) is 3.80. The summed E-state index contributed by atoms with van der Waals surface area (Å²) in [5, 5.41) is 15.4. The molecule has 0 spiro atoms. The van der Waals surface area contributed by atoms with E-state index in [9.17, 15) is 5.11 Å². The molecule has 3 nitrogen and oxygen atoms in total. The third kappa shape index (κ3) is 2.60. The highest BCUT2D eigenvalue weighted by molar-refractivity contribution is 6.31. The number of benzene rings is 1. The molecule has 4 heteroatoms. The molecule has 1 aromatic carbocycles. The van der Waals surface area contributed by atoms with Gasteiger partial charge in [-0.25, -0.2) is 0 Å². The van der Waals surface area contributed by atoms with Crippen LogP contribution in [0.2, 0.25) is 5.02 Å². The number of hydrogen-bond acceptors (Lipinski definition) is 2. The lowest BCUT2D eigenvalue weighted by Gasteiger charge is -2.15. The van der Waals surface area contributed by atoms with E-state index in [0.29, 0.717) is 16.6 Å². The molecule has 1 heterocycles. The van der Waals surface area contributed by atoms with Gasteiger partial charge in [0.25, 0.3) is 0 Å². The number of aryl methyl sites for hydroxylation is 1. The van der Waals surface area contributed by atoms with E-state index in [2.05, 4.69) is 24.2 Å². The van der Waals surface area contributed by atoms with Crippen molar-refractivity contribution in [3.05, 3.63) is 52.3 Å². The van der Waals surface area contributed by atoms with E-state index in [1.165, 1.54) is 18.4 Å². The van der Waals surface area contributed by atoms with Crippen LogP contribution in [-0.2, 0) is 6.54 Å². The Hall–Kier alpha value is -1.32. The fraction of sp³-hybridized carbons (Fsp3) is 0.438. The lowest BCUT2D eigenvalue weighted by Crippen LogP contribution is -2.10. The fourth-order valence-electron chi connectivity index (χ4n) is 2.59. The molecule has 1 aliphatic carbocycles. The number of aliphatic hydroxyl groups excluding tert-OH is 1. The topological polar surface area (TPSA) is 38.0 Å². The predicted molar refractivity (Wildman–Crippen MR) is 80.0 cm³/mol. The molecule has 1 aromatic heterocycles. The molecule has 20 heavy (non-hydrogen) atoms. The van der Waals surface area contributed by atoms with Crippen LogP contribution in [0.5, 0.6) is 0 Å². The number of hydrogen-bond donors (Lipinski definition) is 1. The van der Waals surface area contributed by atoms with Crippen LogP contribution in [0.25, 0.3) is 0 Å². The van der Waals surface area contributed by atoms with Crippen molar-refractivity contribution in [1.82, 2.24) is 9.78 Å². The lowest BCUT2D eigenvalue weighted by atomic mass is 10.0. The molecule has 0 bridgehead atoms. The molecule has 1 atom stereocenters. The number of aromatic nitrogens is 2. The van der Waals surface area contributed by atoms with Crippen LogP contribution < -0.4 is 0 Å². The minimum absolute atomic E-state index is 0.530. The first-order chi connectivity index (χ1) is 9.70. The molecular formula is C16H19ClN2O. The van der Waals surface area contributed by atoms with Crippen LogP contribution in [0.1, 0.15) is 55.0 Å². The van der Waals surface area contributed by atoms with E-state index < -0.39 is 6.10 Å². The molecule has 0 saturated heterocycles. The number of aliphatic hydroxyl groups is 1. The normalized spacial score (nSPS) is 16.4. The Morgan fingerprint density at radius 1 is 1.45 bits per heavy atom. The van der Waals surface area contributed by atoms with Crippen molar-refractivity contribution in [3.8, 4) is 0 Å². The zero-order chi connectivity index (χ0) is 14.1. The summed E-state index contributed by atoms with van der Waals surface area (Å²) in [6, 6.07) is 8.21. The fourth-order valence-corrected chi connectivity index (χ4v) is 2.84. The molecule has 3 rings (SSSR count). The highest BCUT2D eigenvalue weighted by Gasteiger charge is 2.25. The largest absolute Gasteiger partial charge is 0.382 e. The summed E-state index contributed by atoms with van der Waals surface area (Å²) in [6.45, 7) is 2.85. The van der Waals surface area contributed by atoms with Crippen LogP contribution >= 0.6 is 11.6 Å². The first-order valence-corrected chi connectivity index (χ1v) is 7.57. The standard InChI is InChI=1S/C16H19ClN2O/c1-2-8-19-15(14(17)10-18-19)16(20)13-5-3-4-12(9-13)11-6-7-11/h3-5,9-11,16,20H,2,6-8H2,1H3. The van der Waals surface area contributed by atoms with Gasteiger partial charge in [0.15, 0.2) is 0 Å². The first kappa shape index (κ1) is 13.7. The van der Waals surface area contributed by atoms with E-state index in [1.807, 2.05) is 12.1 Å². The van der Waals surface area contributed by atoms with Crippen molar-refractivity contribution in [1.29, 1.82) is 0 Å². The number of nitrogens with zero attached hydrogens (tertiary/aromatic N) is 2. The maximum absolute atomic E-state index is 10.7. The van der Waals surface area contributed by atoms with Crippen molar-refractivity contribution in [2.75, 3.05) is 0 Å². The Labute approximate surface area is 124 Å². The van der Waals surface area contributed by atoms with Crippen LogP contribution in [-0.4, -0.2) is 14.9 Å². The van der Waals surface area contributed by atoms with E-state index in [1.54, 1.807) is 10.9 Å². The van der Waals surface area contributed by atoms with Gasteiger partial charge in [-0.1, -0.05) is 42.8 Å². The SMILES string of the molecule is CCCn1ncc(Cl)c1C(O)c1cccc(C2CC2)c1. The van der Waals surface area contributed by atoms with Gasteiger partial charge in [-0.05, 0) is 36.3 Å². The van der Waals surface area contributed by atoms with Gasteiger partial charge in [-0.3, -0.25) is 4.68 Å². The van der Waals surface area contributed by atoms with E-state index in [0.717, 1.165) is 18.5 Å². The Kier molecular flexibility index (Phi) is 3.81. The average molecular weight is 291 g/mol. The monoisotopic (exact) mass is 290 g/mol. The smallest absolute Gasteiger partial charge is 0.122 e. The molecule has 1 aliphatic rings. The highest BCUT2D eigenvalue weighted by Crippen LogP contribution is 2.41. The zero-order valence-electron chi connectivity index (χ0n) is 11.6. The lowest BCUT2D eigenvalue weighted by molar-refractivity contribution is 0.207. The summed E-state index contributed by atoms with van der Waals surface area (Å²) in [5.41, 5.74) is 2.91. The van der Waals surface area contributed by atoms with Crippen molar-refractivity contribution in [2.24, 2.45) is 0 Å². The second-order valence-corrected chi connectivity index (χ2v) is 5.86. The van der Waals surface area contributed by atoms with Gasteiger partial charge in [-0.2, -0.15) is 5.10 Å². The predicted octanol–water partition coefficient (Wildman–Crippen LogP) is 3.91. The number of halogens is 1. The summed E-state index contributed by atoms with van der Waals surface area (Å²) in [5.74, 6) is 0.679. The molecule has 1 fully saturated rings. The summed E-state index contributed by atoms with van der Waals surface area (Å²) in [6.07, 6.45) is 4.37. The summed E-state index contributed by atoms with van der Waals surface area (Å²) in [7, 11) is 0. The molecule has 1 N–H and O–H groups in total. The minimum Gasteiger partial charge on any atom is -0.382 e. The van der Waals surface area contributed by atoms with Crippen LogP contribution in [0.15, 0.2) is 30.5 Å². The Bertz CT molecular complexity index is 604. The van der Waals surface area contributed by atoms with Gasteiger partial charge >= 0.3 is 0 Å². The Morgan fingerprint density at radius 3 is 2.95 bits per heavy atom. The number of rotatable bonds is 5.